The molecular weight excluding hydrogens is 572 g/mol. The fourth-order valence-electron chi connectivity index (χ4n) is 4.28. The lowest BCUT2D eigenvalue weighted by molar-refractivity contribution is -0.138. The third-order valence-corrected chi connectivity index (χ3v) is 7.00. The molecular formula is C28H26ClF6N5O. The molecule has 0 spiro atoms. The number of likely N-dealkylation sites (N-methyl/N-ethyl adjacent to an activating group) is 1. The van der Waals surface area contributed by atoms with Crippen molar-refractivity contribution in [2.75, 3.05) is 45.1 Å². The average Bonchev–Trinajstić information content (AvgIpc) is 2.90. The number of piperazine rings is 1. The molecule has 0 aliphatic carbocycles. The molecule has 2 aromatic rings. The van der Waals surface area contributed by atoms with Crippen LogP contribution in [0.2, 0.25) is 5.02 Å². The summed E-state index contributed by atoms with van der Waals surface area (Å²) in [6.45, 7) is 2.45. The highest BCUT2D eigenvalue weighted by atomic mass is 35.5. The van der Waals surface area contributed by atoms with Crippen molar-refractivity contribution in [1.29, 1.82) is 0 Å². The number of nitrogens with one attached hydrogen (secondary N) is 2. The molecule has 2 heterocycles. The molecule has 1 fully saturated rings. The number of carbonyl (C=O) groups excluding carboxylic acids is 1. The first-order valence-electron chi connectivity index (χ1n) is 12.5. The van der Waals surface area contributed by atoms with E-state index in [1.165, 1.54) is 30.3 Å². The number of alkyl halides is 6. The number of benzene rings is 2. The van der Waals surface area contributed by atoms with Crippen LogP contribution in [0.1, 0.15) is 27.0 Å². The third-order valence-electron chi connectivity index (χ3n) is 6.67. The van der Waals surface area contributed by atoms with Gasteiger partial charge in [-0.3, -0.25) is 9.69 Å². The van der Waals surface area contributed by atoms with Gasteiger partial charge in [0.2, 0.25) is 0 Å². The summed E-state index contributed by atoms with van der Waals surface area (Å²) >= 11 is 6.17. The zero-order valence-corrected chi connectivity index (χ0v) is 22.6. The van der Waals surface area contributed by atoms with Crippen LogP contribution in [-0.4, -0.2) is 61.7 Å². The third kappa shape index (κ3) is 7.75. The number of dihydropyridines is 1. The number of anilines is 1. The van der Waals surface area contributed by atoms with Crippen LogP contribution in [0.15, 0.2) is 59.4 Å². The molecule has 4 rings (SSSR count). The minimum atomic E-state index is -4.63. The Bertz CT molecular complexity index is 1450. The highest BCUT2D eigenvalue weighted by Crippen LogP contribution is 2.35. The number of nitrogens with zero attached hydrogens (tertiary/aromatic N) is 2. The molecule has 0 saturated carbocycles. The lowest BCUT2D eigenvalue weighted by Crippen LogP contribution is -2.44. The summed E-state index contributed by atoms with van der Waals surface area (Å²) in [5, 5.41) is 5.00. The summed E-state index contributed by atoms with van der Waals surface area (Å²) in [6, 6.07) is 7.66. The van der Waals surface area contributed by atoms with Gasteiger partial charge in [-0.2, -0.15) is 26.3 Å². The van der Waals surface area contributed by atoms with Crippen LogP contribution < -0.4 is 16.4 Å². The van der Waals surface area contributed by atoms with Crippen LogP contribution in [0.5, 0.6) is 0 Å². The van der Waals surface area contributed by atoms with E-state index < -0.39 is 35.9 Å². The number of amides is 1. The van der Waals surface area contributed by atoms with Gasteiger partial charge in [0.05, 0.1) is 21.7 Å². The van der Waals surface area contributed by atoms with Crippen LogP contribution in [0.3, 0.4) is 0 Å². The number of halogens is 7. The molecule has 0 unspecified atom stereocenters. The van der Waals surface area contributed by atoms with Gasteiger partial charge in [-0.05, 0) is 49.0 Å². The number of hydrogen-bond acceptors (Lipinski definition) is 5. The van der Waals surface area contributed by atoms with Crippen LogP contribution in [0.4, 0.5) is 32.0 Å². The number of carbonyl (C=O) groups is 1. The molecule has 0 radical (unpaired) electrons. The molecule has 0 aromatic heterocycles. The van der Waals surface area contributed by atoms with Gasteiger partial charge in [-0.25, -0.2) is 0 Å². The second kappa shape index (κ2) is 12.1. The maximum Gasteiger partial charge on any atom is 0.416 e. The Morgan fingerprint density at radius 2 is 1.73 bits per heavy atom. The Labute approximate surface area is 237 Å². The zero-order chi connectivity index (χ0) is 29.9. The van der Waals surface area contributed by atoms with E-state index in [0.717, 1.165) is 25.2 Å². The maximum atomic E-state index is 13.9. The summed E-state index contributed by atoms with van der Waals surface area (Å²) in [7, 11) is 1.96. The summed E-state index contributed by atoms with van der Waals surface area (Å²) in [5.74, 6) is 4.38. The first kappa shape index (κ1) is 30.3. The van der Waals surface area contributed by atoms with Gasteiger partial charge in [0.15, 0.2) is 0 Å². The lowest BCUT2D eigenvalue weighted by Gasteiger charge is -2.33. The first-order chi connectivity index (χ1) is 19.2. The van der Waals surface area contributed by atoms with Gasteiger partial charge in [0.25, 0.3) is 5.91 Å². The van der Waals surface area contributed by atoms with E-state index in [4.69, 9.17) is 17.3 Å². The van der Waals surface area contributed by atoms with Gasteiger partial charge >= 0.3 is 12.4 Å². The van der Waals surface area contributed by atoms with Crippen LogP contribution in [-0.2, 0) is 12.7 Å². The van der Waals surface area contributed by atoms with E-state index in [1.54, 1.807) is 0 Å². The monoisotopic (exact) mass is 597 g/mol. The minimum absolute atomic E-state index is 0.0315. The Kier molecular flexibility index (Phi) is 8.91. The van der Waals surface area contributed by atoms with Crippen molar-refractivity contribution in [3.8, 4) is 11.8 Å². The highest BCUT2D eigenvalue weighted by Gasteiger charge is 2.35. The van der Waals surface area contributed by atoms with Crippen LogP contribution >= 0.6 is 11.6 Å². The fraction of sp³-hybridized carbons (Fsp3) is 0.321. The summed E-state index contributed by atoms with van der Waals surface area (Å²) < 4.78 is 80.9. The Morgan fingerprint density at radius 3 is 2.39 bits per heavy atom. The summed E-state index contributed by atoms with van der Waals surface area (Å²) in [4.78, 5) is 17.0. The second-order valence-electron chi connectivity index (χ2n) is 9.70. The van der Waals surface area contributed by atoms with Crippen molar-refractivity contribution < 1.29 is 31.1 Å². The minimum Gasteiger partial charge on any atom is -0.384 e. The van der Waals surface area contributed by atoms with Crippen LogP contribution in [0.25, 0.3) is 0 Å². The van der Waals surface area contributed by atoms with Crippen molar-refractivity contribution in [2.45, 2.75) is 18.9 Å². The number of hydrogen-bond donors (Lipinski definition) is 3. The molecule has 2 aromatic carbocycles. The van der Waals surface area contributed by atoms with Crippen molar-refractivity contribution in [3.63, 3.8) is 0 Å². The molecule has 4 N–H and O–H groups in total. The number of nitrogens with two attached hydrogens (primary N) is 1. The number of allylic oxidation sites excluding steroid dienone is 2. The normalized spacial score (nSPS) is 16.9. The topological polar surface area (TPSA) is 73.6 Å². The van der Waals surface area contributed by atoms with E-state index in [1.807, 2.05) is 11.9 Å². The Morgan fingerprint density at radius 1 is 1.02 bits per heavy atom. The van der Waals surface area contributed by atoms with Crippen molar-refractivity contribution in [3.05, 3.63) is 86.7 Å². The molecule has 13 heteroatoms. The molecule has 218 valence electrons. The van der Waals surface area contributed by atoms with E-state index in [9.17, 15) is 31.1 Å². The van der Waals surface area contributed by atoms with Gasteiger partial charge < -0.3 is 21.3 Å². The standard InChI is InChI=1S/C28H26ClF6N5O/c1-39-8-10-40(11-9-39)16-20-4-6-22(14-23(20)28(33,34)35)38-26(41)19-5-7-24(29)17(12-19)2-3-18-13-21(27(30,31)32)15-37-25(18)36/h4-7,12-14,37H,8-11,15-16,36H2,1H3,(H,38,41). The smallest absolute Gasteiger partial charge is 0.384 e. The van der Waals surface area contributed by atoms with Crippen molar-refractivity contribution >= 4 is 23.2 Å². The molecule has 2 aliphatic heterocycles. The first-order valence-corrected chi connectivity index (χ1v) is 12.8. The lowest BCUT2D eigenvalue weighted by atomic mass is 10.0. The summed E-state index contributed by atoms with van der Waals surface area (Å²) in [5.41, 5.74) is 4.14. The second-order valence-corrected chi connectivity index (χ2v) is 10.1. The molecule has 1 amide bonds. The predicted molar refractivity (Wildman–Crippen MR) is 144 cm³/mol. The van der Waals surface area contributed by atoms with Crippen molar-refractivity contribution in [1.82, 2.24) is 15.1 Å². The Hall–Kier alpha value is -3.66. The van der Waals surface area contributed by atoms with Crippen LogP contribution in [0, 0.1) is 11.8 Å². The predicted octanol–water partition coefficient (Wildman–Crippen LogP) is 4.97. The molecule has 0 atom stereocenters. The maximum absolute atomic E-state index is 13.9. The van der Waals surface area contributed by atoms with E-state index in [2.05, 4.69) is 27.4 Å². The van der Waals surface area contributed by atoms with E-state index in [-0.39, 0.29) is 45.3 Å². The summed E-state index contributed by atoms with van der Waals surface area (Å²) in [6.07, 6.45) is -8.36. The van der Waals surface area contributed by atoms with Gasteiger partial charge in [0, 0.05) is 56.1 Å². The Balaban J connectivity index is 1.54. The quantitative estimate of drug-likeness (QED) is 0.343. The largest absolute Gasteiger partial charge is 0.416 e. The van der Waals surface area contributed by atoms with E-state index in [0.29, 0.717) is 13.1 Å². The van der Waals surface area contributed by atoms with Crippen molar-refractivity contribution in [2.24, 2.45) is 5.73 Å². The zero-order valence-electron chi connectivity index (χ0n) is 21.8. The molecule has 2 aliphatic rings. The average molecular weight is 598 g/mol. The molecule has 0 bridgehead atoms. The molecule has 41 heavy (non-hydrogen) atoms. The SMILES string of the molecule is CN1CCN(Cc2ccc(NC(=O)c3ccc(Cl)c(C#CC4=C(N)NCC(C(F)(F)F)=C4)c3)cc2C(F)(F)F)CC1. The fourth-order valence-corrected chi connectivity index (χ4v) is 4.44. The van der Waals surface area contributed by atoms with E-state index >= 15 is 0 Å². The van der Waals surface area contributed by atoms with Gasteiger partial charge in [-0.15, -0.1) is 0 Å². The molecule has 1 saturated heterocycles. The number of rotatable bonds is 4. The van der Waals surface area contributed by atoms with Gasteiger partial charge in [0.1, 0.15) is 5.82 Å². The van der Waals surface area contributed by atoms with Gasteiger partial charge in [-0.1, -0.05) is 29.5 Å². The molecule has 6 nitrogen and oxygen atoms in total. The highest BCUT2D eigenvalue weighted by molar-refractivity contribution is 6.32.